The Morgan fingerprint density at radius 1 is 0.974 bits per heavy atom. The van der Waals surface area contributed by atoms with E-state index in [4.69, 9.17) is 5.73 Å². The van der Waals surface area contributed by atoms with Crippen LogP contribution < -0.4 is 10.6 Å². The van der Waals surface area contributed by atoms with Gasteiger partial charge in [0, 0.05) is 26.2 Å². The second-order valence-corrected chi connectivity index (χ2v) is 8.24. The van der Waals surface area contributed by atoms with Crippen LogP contribution in [0.5, 0.6) is 0 Å². The first-order chi connectivity index (χ1) is 17.9. The number of aryl methyl sites for hydroxylation is 1. The molecule has 200 valence electrons. The van der Waals surface area contributed by atoms with Gasteiger partial charge >= 0.3 is 12.1 Å². The van der Waals surface area contributed by atoms with Crippen LogP contribution >= 0.6 is 0 Å². The van der Waals surface area contributed by atoms with Gasteiger partial charge in [0.2, 0.25) is 0 Å². The zero-order valence-corrected chi connectivity index (χ0v) is 20.1. The second kappa shape index (κ2) is 11.7. The van der Waals surface area contributed by atoms with Crippen LogP contribution in [0.4, 0.5) is 23.2 Å². The summed E-state index contributed by atoms with van der Waals surface area (Å²) in [5.41, 5.74) is 4.39. The minimum atomic E-state index is -4.62. The zero-order valence-electron chi connectivity index (χ0n) is 20.1. The van der Waals surface area contributed by atoms with E-state index in [-0.39, 0.29) is 37.4 Å². The van der Waals surface area contributed by atoms with Crippen LogP contribution in [0.1, 0.15) is 42.3 Å². The van der Waals surface area contributed by atoms with E-state index in [1.54, 1.807) is 17.9 Å². The Labute approximate surface area is 214 Å². The van der Waals surface area contributed by atoms with Gasteiger partial charge in [-0.3, -0.25) is 9.59 Å². The molecular formula is C25H23F4N5O4. The molecule has 2 aromatic carbocycles. The van der Waals surface area contributed by atoms with Crippen LogP contribution in [-0.2, 0) is 6.18 Å². The fraction of sp³-hybridized carbons (Fsp3) is 0.240. The molecule has 0 aliphatic carbocycles. The topological polar surface area (TPSA) is 130 Å². The number of hydrogen-bond donors (Lipinski definition) is 2. The largest absolute Gasteiger partial charge is 0.476 e. The molecule has 2 heterocycles. The van der Waals surface area contributed by atoms with Crippen molar-refractivity contribution in [2.24, 2.45) is 5.73 Å². The molecule has 0 unspecified atom stereocenters. The molecule has 1 aliphatic rings. The number of hydrogen-bond acceptors (Lipinski definition) is 6. The van der Waals surface area contributed by atoms with Crippen LogP contribution in [-0.4, -0.2) is 64.2 Å². The van der Waals surface area contributed by atoms with Gasteiger partial charge in [-0.25, -0.2) is 9.18 Å². The Kier molecular flexibility index (Phi) is 8.61. The van der Waals surface area contributed by atoms with E-state index < -0.39 is 40.9 Å². The first kappa shape index (κ1) is 28.0. The number of rotatable bonds is 4. The average Bonchev–Trinajstić information content (AvgIpc) is 2.88. The highest BCUT2D eigenvalue weighted by molar-refractivity contribution is 5.96. The smallest absolute Gasteiger partial charge is 0.417 e. The molecule has 2 amide bonds. The van der Waals surface area contributed by atoms with Crippen LogP contribution in [0.2, 0.25) is 0 Å². The second-order valence-electron chi connectivity index (χ2n) is 8.24. The SMILES string of the molecule is Cc1ccc(C(N)=O)c(F)c1.O=C(O)c1nnccc1N1CCN(C(=O)c2ccccc2C(F)(F)F)CC1. The van der Waals surface area contributed by atoms with Gasteiger partial charge in [-0.15, -0.1) is 5.10 Å². The first-order valence-corrected chi connectivity index (χ1v) is 11.2. The lowest BCUT2D eigenvalue weighted by molar-refractivity contribution is -0.138. The summed E-state index contributed by atoms with van der Waals surface area (Å²) in [6.45, 7) is 2.60. The summed E-state index contributed by atoms with van der Waals surface area (Å²) in [6, 6.07) is 10.5. The number of anilines is 1. The Bertz CT molecular complexity index is 1340. The number of primary amides is 1. The van der Waals surface area contributed by atoms with Gasteiger partial charge in [0.1, 0.15) is 5.82 Å². The number of benzene rings is 2. The molecule has 3 aromatic rings. The Morgan fingerprint density at radius 2 is 1.63 bits per heavy atom. The maximum absolute atomic E-state index is 13.1. The molecule has 1 aliphatic heterocycles. The lowest BCUT2D eigenvalue weighted by Gasteiger charge is -2.36. The van der Waals surface area contributed by atoms with E-state index in [9.17, 15) is 37.1 Å². The van der Waals surface area contributed by atoms with Gasteiger partial charge in [0.05, 0.1) is 28.6 Å². The number of piperazine rings is 1. The molecule has 9 nitrogen and oxygen atoms in total. The van der Waals surface area contributed by atoms with Gasteiger partial charge in [0.25, 0.3) is 11.8 Å². The number of halogens is 4. The summed E-state index contributed by atoms with van der Waals surface area (Å²) in [4.78, 5) is 37.4. The summed E-state index contributed by atoms with van der Waals surface area (Å²) in [6.07, 6.45) is -3.26. The number of carbonyl (C=O) groups is 3. The lowest BCUT2D eigenvalue weighted by atomic mass is 10.1. The molecule has 13 heteroatoms. The van der Waals surface area contributed by atoms with Gasteiger partial charge in [-0.05, 0) is 42.8 Å². The van der Waals surface area contributed by atoms with Crippen molar-refractivity contribution < 1.29 is 37.1 Å². The molecule has 38 heavy (non-hydrogen) atoms. The Morgan fingerprint density at radius 3 is 2.21 bits per heavy atom. The van der Waals surface area contributed by atoms with E-state index >= 15 is 0 Å². The van der Waals surface area contributed by atoms with Crippen LogP contribution in [0, 0.1) is 12.7 Å². The van der Waals surface area contributed by atoms with E-state index in [0.717, 1.165) is 17.7 Å². The normalized spacial score (nSPS) is 13.4. The molecule has 0 radical (unpaired) electrons. The van der Waals surface area contributed by atoms with E-state index in [2.05, 4.69) is 10.2 Å². The summed E-state index contributed by atoms with van der Waals surface area (Å²) in [7, 11) is 0. The van der Waals surface area contributed by atoms with Crippen LogP contribution in [0.3, 0.4) is 0 Å². The standard InChI is InChI=1S/C17H15F3N4O3.C8H8FNO/c18-17(19,20)12-4-2-1-3-11(12)15(25)24-9-7-23(8-10-24)13-5-6-21-22-14(13)16(26)27;1-5-2-3-6(8(10)11)7(9)4-5/h1-6H,7-10H2,(H,26,27);2-4H,1H3,(H2,10,11). The zero-order chi connectivity index (χ0) is 28.0. The van der Waals surface area contributed by atoms with Gasteiger partial charge in [-0.1, -0.05) is 18.2 Å². The maximum atomic E-state index is 13.1. The van der Waals surface area contributed by atoms with Crippen molar-refractivity contribution in [2.75, 3.05) is 31.1 Å². The van der Waals surface area contributed by atoms with E-state index in [1.165, 1.54) is 41.4 Å². The van der Waals surface area contributed by atoms with Crippen molar-refractivity contribution in [3.8, 4) is 0 Å². The van der Waals surface area contributed by atoms with Crippen LogP contribution in [0.25, 0.3) is 0 Å². The monoisotopic (exact) mass is 533 g/mol. The summed E-state index contributed by atoms with van der Waals surface area (Å²) in [5, 5.41) is 16.3. The Hall–Kier alpha value is -4.55. The molecule has 0 atom stereocenters. The van der Waals surface area contributed by atoms with Gasteiger partial charge in [0.15, 0.2) is 5.69 Å². The van der Waals surface area contributed by atoms with E-state index in [1.807, 2.05) is 0 Å². The minimum Gasteiger partial charge on any atom is -0.476 e. The number of alkyl halides is 3. The van der Waals surface area contributed by atoms with Crippen molar-refractivity contribution >= 4 is 23.5 Å². The quantitative estimate of drug-likeness (QED) is 0.492. The first-order valence-electron chi connectivity index (χ1n) is 11.2. The lowest BCUT2D eigenvalue weighted by Crippen LogP contribution is -2.49. The van der Waals surface area contributed by atoms with Crippen molar-refractivity contribution in [2.45, 2.75) is 13.1 Å². The molecule has 1 saturated heterocycles. The third-order valence-corrected chi connectivity index (χ3v) is 5.66. The predicted molar refractivity (Wildman–Crippen MR) is 128 cm³/mol. The molecule has 1 fully saturated rings. The average molecular weight is 533 g/mol. The summed E-state index contributed by atoms with van der Waals surface area (Å²) in [5.74, 6) is -3.22. The molecule has 0 bridgehead atoms. The molecule has 0 spiro atoms. The number of nitrogens with two attached hydrogens (primary N) is 1. The van der Waals surface area contributed by atoms with E-state index in [0.29, 0.717) is 5.69 Å². The molecule has 0 saturated carbocycles. The highest BCUT2D eigenvalue weighted by Crippen LogP contribution is 2.32. The number of amides is 2. The number of aromatic carboxylic acids is 1. The fourth-order valence-corrected chi connectivity index (χ4v) is 3.79. The van der Waals surface area contributed by atoms with Crippen molar-refractivity contribution in [1.82, 2.24) is 15.1 Å². The van der Waals surface area contributed by atoms with Crippen molar-refractivity contribution in [1.29, 1.82) is 0 Å². The van der Waals surface area contributed by atoms with Crippen molar-refractivity contribution in [3.63, 3.8) is 0 Å². The maximum Gasteiger partial charge on any atom is 0.417 e. The minimum absolute atomic E-state index is 0.0596. The predicted octanol–water partition coefficient (Wildman–Crippen LogP) is 3.39. The van der Waals surface area contributed by atoms with Crippen LogP contribution in [0.15, 0.2) is 54.7 Å². The third-order valence-electron chi connectivity index (χ3n) is 5.66. The number of aromatic nitrogens is 2. The number of nitrogens with zero attached hydrogens (tertiary/aromatic N) is 4. The van der Waals surface area contributed by atoms with Gasteiger partial charge in [-0.2, -0.15) is 18.3 Å². The van der Waals surface area contributed by atoms with Gasteiger partial charge < -0.3 is 20.6 Å². The Balaban J connectivity index is 0.000000304. The molecule has 1 aromatic heterocycles. The number of carbonyl (C=O) groups excluding carboxylic acids is 2. The van der Waals surface area contributed by atoms with Crippen molar-refractivity contribution in [3.05, 3.63) is 88.5 Å². The molecule has 3 N–H and O–H groups in total. The summed E-state index contributed by atoms with van der Waals surface area (Å²) >= 11 is 0. The third kappa shape index (κ3) is 6.60. The highest BCUT2D eigenvalue weighted by atomic mass is 19.4. The number of carboxylic acids is 1. The molecule has 4 rings (SSSR count). The fourth-order valence-electron chi connectivity index (χ4n) is 3.79. The summed E-state index contributed by atoms with van der Waals surface area (Å²) < 4.78 is 52.2. The number of carboxylic acid groups (broad SMARTS) is 1. The molecular weight excluding hydrogens is 510 g/mol. The highest BCUT2D eigenvalue weighted by Gasteiger charge is 2.36.